The molecule has 0 atom stereocenters. The van der Waals surface area contributed by atoms with Gasteiger partial charge in [-0.05, 0) is 72.0 Å². The van der Waals surface area contributed by atoms with Gasteiger partial charge in [-0.3, -0.25) is 9.52 Å². The molecule has 0 spiro atoms. The summed E-state index contributed by atoms with van der Waals surface area (Å²) in [6.45, 7) is 5.86. The number of fused-ring (bicyclic) bond motifs is 1. The second-order valence-electron chi connectivity index (χ2n) is 8.15. The maximum atomic E-state index is 13.1. The zero-order valence-electron chi connectivity index (χ0n) is 18.8. The van der Waals surface area contributed by atoms with Crippen LogP contribution in [0.15, 0.2) is 83.8 Å². The van der Waals surface area contributed by atoms with E-state index in [0.717, 1.165) is 27.5 Å². The molecule has 5 nitrogen and oxygen atoms in total. The fraction of sp³-hybridized carbons (Fsp3) is 0.148. The van der Waals surface area contributed by atoms with E-state index in [-0.39, 0.29) is 10.8 Å². The molecule has 0 radical (unpaired) electrons. The Hall–Kier alpha value is -3.64. The Morgan fingerprint density at radius 3 is 2.36 bits per heavy atom. The van der Waals surface area contributed by atoms with Crippen LogP contribution in [0.2, 0.25) is 0 Å². The Bertz CT molecular complexity index is 1450. The van der Waals surface area contributed by atoms with Crippen molar-refractivity contribution in [1.82, 2.24) is 5.32 Å². The molecule has 0 aliphatic carbocycles. The van der Waals surface area contributed by atoms with Crippen LogP contribution in [0, 0.1) is 20.8 Å². The summed E-state index contributed by atoms with van der Waals surface area (Å²) in [6.07, 6.45) is 0. The summed E-state index contributed by atoms with van der Waals surface area (Å²) in [7, 11) is -3.87. The topological polar surface area (TPSA) is 75.3 Å². The summed E-state index contributed by atoms with van der Waals surface area (Å²) in [5, 5.41) is 5.09. The van der Waals surface area contributed by atoms with Crippen LogP contribution < -0.4 is 10.0 Å². The summed E-state index contributed by atoms with van der Waals surface area (Å²) in [4.78, 5) is 13.0. The maximum absolute atomic E-state index is 13.1. The molecule has 0 aliphatic heterocycles. The van der Waals surface area contributed by atoms with Crippen LogP contribution >= 0.6 is 0 Å². The van der Waals surface area contributed by atoms with Crippen LogP contribution in [0.3, 0.4) is 0 Å². The molecule has 1 amide bonds. The zero-order chi connectivity index (χ0) is 23.6. The molecule has 0 saturated heterocycles. The first kappa shape index (κ1) is 22.6. The highest BCUT2D eigenvalue weighted by Crippen LogP contribution is 2.25. The van der Waals surface area contributed by atoms with E-state index in [1.54, 1.807) is 25.1 Å². The smallest absolute Gasteiger partial charge is 0.262 e. The van der Waals surface area contributed by atoms with Crippen molar-refractivity contribution in [3.8, 4) is 0 Å². The van der Waals surface area contributed by atoms with Crippen molar-refractivity contribution in [2.45, 2.75) is 32.2 Å². The second-order valence-corrected chi connectivity index (χ2v) is 9.81. The van der Waals surface area contributed by atoms with E-state index >= 15 is 0 Å². The maximum Gasteiger partial charge on any atom is 0.262 e. The Labute approximate surface area is 194 Å². The molecule has 2 N–H and O–H groups in total. The van der Waals surface area contributed by atoms with Gasteiger partial charge >= 0.3 is 0 Å². The monoisotopic (exact) mass is 458 g/mol. The number of carbonyl (C=O) groups is 1. The van der Waals surface area contributed by atoms with Crippen molar-refractivity contribution in [2.24, 2.45) is 0 Å². The third kappa shape index (κ3) is 4.76. The van der Waals surface area contributed by atoms with Gasteiger partial charge < -0.3 is 5.32 Å². The van der Waals surface area contributed by atoms with Gasteiger partial charge in [-0.15, -0.1) is 0 Å². The largest absolute Gasteiger partial charge is 0.348 e. The van der Waals surface area contributed by atoms with Gasteiger partial charge in [-0.25, -0.2) is 8.42 Å². The average Bonchev–Trinajstić information content (AvgIpc) is 2.80. The molecule has 6 heteroatoms. The van der Waals surface area contributed by atoms with E-state index in [9.17, 15) is 13.2 Å². The van der Waals surface area contributed by atoms with Gasteiger partial charge in [0.25, 0.3) is 15.9 Å². The van der Waals surface area contributed by atoms with Crippen molar-refractivity contribution >= 4 is 32.4 Å². The van der Waals surface area contributed by atoms with Crippen LogP contribution in [-0.4, -0.2) is 14.3 Å². The van der Waals surface area contributed by atoms with E-state index in [1.807, 2.05) is 68.4 Å². The van der Waals surface area contributed by atoms with Gasteiger partial charge in [0, 0.05) is 12.1 Å². The highest BCUT2D eigenvalue weighted by atomic mass is 32.2. The summed E-state index contributed by atoms with van der Waals surface area (Å²) in [5.74, 6) is -0.328. The number of anilines is 1. The molecule has 0 unspecified atom stereocenters. The summed E-state index contributed by atoms with van der Waals surface area (Å²) in [6, 6.07) is 24.2. The van der Waals surface area contributed by atoms with E-state index in [1.165, 1.54) is 6.07 Å². The lowest BCUT2D eigenvalue weighted by Gasteiger charge is -2.15. The molecule has 4 aromatic carbocycles. The molecular formula is C27H26N2O3S. The number of sulfonamides is 1. The van der Waals surface area contributed by atoms with Gasteiger partial charge in [0.2, 0.25) is 0 Å². The molecule has 4 aromatic rings. The molecule has 168 valence electrons. The third-order valence-corrected chi connectivity index (χ3v) is 7.42. The fourth-order valence-electron chi connectivity index (χ4n) is 3.82. The van der Waals surface area contributed by atoms with Crippen molar-refractivity contribution in [2.75, 3.05) is 4.72 Å². The molecule has 0 aliphatic rings. The number of rotatable bonds is 6. The van der Waals surface area contributed by atoms with Crippen molar-refractivity contribution in [3.63, 3.8) is 0 Å². The van der Waals surface area contributed by atoms with E-state index in [2.05, 4.69) is 10.0 Å². The van der Waals surface area contributed by atoms with Gasteiger partial charge in [-0.1, -0.05) is 60.7 Å². The lowest BCUT2D eigenvalue weighted by atomic mass is 10.0. The molecule has 0 saturated carbocycles. The lowest BCUT2D eigenvalue weighted by Crippen LogP contribution is -2.24. The molecule has 4 rings (SSSR count). The fourth-order valence-corrected chi connectivity index (χ4v) is 5.21. The highest BCUT2D eigenvalue weighted by Gasteiger charge is 2.20. The number of amides is 1. The number of benzene rings is 4. The zero-order valence-corrected chi connectivity index (χ0v) is 19.7. The number of carbonyl (C=O) groups excluding carboxylic acids is 1. The minimum Gasteiger partial charge on any atom is -0.348 e. The average molecular weight is 459 g/mol. The molecule has 0 fully saturated rings. The van der Waals surface area contributed by atoms with E-state index in [0.29, 0.717) is 23.4 Å². The van der Waals surface area contributed by atoms with Gasteiger partial charge in [-0.2, -0.15) is 0 Å². The van der Waals surface area contributed by atoms with E-state index < -0.39 is 10.0 Å². The second kappa shape index (κ2) is 9.08. The van der Waals surface area contributed by atoms with Crippen LogP contribution in [-0.2, 0) is 16.6 Å². The molecule has 33 heavy (non-hydrogen) atoms. The normalized spacial score (nSPS) is 11.4. The summed E-state index contributed by atoms with van der Waals surface area (Å²) in [5.41, 5.74) is 4.25. The van der Waals surface area contributed by atoms with Crippen molar-refractivity contribution < 1.29 is 13.2 Å². The first-order valence-electron chi connectivity index (χ1n) is 10.7. The Kier molecular flexibility index (Phi) is 6.20. The SMILES string of the molecule is Cc1ccc(C(=O)NCc2cccc3ccccc23)cc1S(=O)(=O)Nc1cccc(C)c1C. The summed E-state index contributed by atoms with van der Waals surface area (Å²) >= 11 is 0. The predicted molar refractivity (Wildman–Crippen MR) is 133 cm³/mol. The van der Waals surface area contributed by atoms with Gasteiger partial charge in [0.05, 0.1) is 10.6 Å². The van der Waals surface area contributed by atoms with Crippen LogP contribution in [0.25, 0.3) is 10.8 Å². The standard InChI is InChI=1S/C27H26N2O3S/c1-18-8-6-13-25(20(18)3)29-33(31,32)26-16-22(15-14-19(26)2)27(30)28-17-23-11-7-10-21-9-4-5-12-24(21)23/h4-16,29H,17H2,1-3H3,(H,28,30). The first-order valence-corrected chi connectivity index (χ1v) is 12.2. The number of nitrogens with one attached hydrogen (secondary N) is 2. The predicted octanol–water partition coefficient (Wildman–Crippen LogP) is 5.50. The Morgan fingerprint density at radius 2 is 1.55 bits per heavy atom. The molecule has 0 heterocycles. The van der Waals surface area contributed by atoms with Gasteiger partial charge in [0.1, 0.15) is 0 Å². The first-order chi connectivity index (χ1) is 15.8. The van der Waals surface area contributed by atoms with Gasteiger partial charge in [0.15, 0.2) is 0 Å². The van der Waals surface area contributed by atoms with Crippen LogP contribution in [0.5, 0.6) is 0 Å². The van der Waals surface area contributed by atoms with Crippen LogP contribution in [0.4, 0.5) is 5.69 Å². The Balaban J connectivity index is 1.57. The number of hydrogen-bond acceptors (Lipinski definition) is 3. The molecular weight excluding hydrogens is 432 g/mol. The minimum atomic E-state index is -3.87. The number of hydrogen-bond donors (Lipinski definition) is 2. The third-order valence-electron chi connectivity index (χ3n) is 5.91. The van der Waals surface area contributed by atoms with E-state index in [4.69, 9.17) is 0 Å². The molecule has 0 aromatic heterocycles. The number of aryl methyl sites for hydroxylation is 2. The van der Waals surface area contributed by atoms with Crippen molar-refractivity contribution in [3.05, 3.63) is 107 Å². The van der Waals surface area contributed by atoms with Crippen LogP contribution in [0.1, 0.15) is 32.6 Å². The lowest BCUT2D eigenvalue weighted by molar-refractivity contribution is 0.0951. The Morgan fingerprint density at radius 1 is 0.818 bits per heavy atom. The molecule has 0 bridgehead atoms. The quantitative estimate of drug-likeness (QED) is 0.401. The minimum absolute atomic E-state index is 0.0845. The summed E-state index contributed by atoms with van der Waals surface area (Å²) < 4.78 is 29.0. The van der Waals surface area contributed by atoms with Crippen molar-refractivity contribution in [1.29, 1.82) is 0 Å². The highest BCUT2D eigenvalue weighted by molar-refractivity contribution is 7.92.